The molecule has 7 nitrogen and oxygen atoms in total. The first-order valence-corrected chi connectivity index (χ1v) is 9.84. The number of hydrogen-bond acceptors (Lipinski definition) is 4. The van der Waals surface area contributed by atoms with E-state index in [2.05, 4.69) is 5.32 Å². The number of carbonyl (C=O) groups is 3. The predicted molar refractivity (Wildman–Crippen MR) is 110 cm³/mol. The molecule has 2 aliphatic heterocycles. The van der Waals surface area contributed by atoms with E-state index in [0.717, 1.165) is 18.5 Å². The fourth-order valence-electron chi connectivity index (χ4n) is 3.72. The van der Waals surface area contributed by atoms with Crippen LogP contribution in [0.5, 0.6) is 5.75 Å². The average Bonchev–Trinajstić information content (AvgIpc) is 3.35. The molecule has 0 unspecified atom stereocenters. The Labute approximate surface area is 169 Å². The second-order valence-corrected chi connectivity index (χ2v) is 7.15. The zero-order valence-electron chi connectivity index (χ0n) is 16.1. The number of nitrogens with zero attached hydrogens (tertiary/aromatic N) is 2. The molecule has 7 heteroatoms. The summed E-state index contributed by atoms with van der Waals surface area (Å²) >= 11 is 0. The van der Waals surface area contributed by atoms with Gasteiger partial charge in [0.05, 0.1) is 11.4 Å². The van der Waals surface area contributed by atoms with Crippen molar-refractivity contribution in [2.45, 2.75) is 25.7 Å². The maximum absolute atomic E-state index is 12.4. The van der Waals surface area contributed by atoms with Gasteiger partial charge in [-0.15, -0.1) is 0 Å². The molecule has 2 heterocycles. The van der Waals surface area contributed by atoms with E-state index in [1.165, 1.54) is 0 Å². The highest BCUT2D eigenvalue weighted by atomic mass is 16.5. The minimum absolute atomic E-state index is 0.0659. The third-order valence-corrected chi connectivity index (χ3v) is 5.11. The zero-order valence-corrected chi connectivity index (χ0v) is 16.1. The molecular formula is C22H23N3O4. The van der Waals surface area contributed by atoms with Crippen LogP contribution in [0.3, 0.4) is 0 Å². The predicted octanol–water partition coefficient (Wildman–Crippen LogP) is 2.96. The number of hydrogen-bond donors (Lipinski definition) is 1. The van der Waals surface area contributed by atoms with Crippen molar-refractivity contribution in [1.29, 1.82) is 0 Å². The van der Waals surface area contributed by atoms with E-state index in [-0.39, 0.29) is 24.3 Å². The molecule has 0 aromatic heterocycles. The Hall–Kier alpha value is -3.35. The van der Waals surface area contributed by atoms with Gasteiger partial charge >= 0.3 is 0 Å². The number of amides is 3. The average molecular weight is 393 g/mol. The molecule has 0 saturated carbocycles. The van der Waals surface area contributed by atoms with Gasteiger partial charge in [-0.3, -0.25) is 14.4 Å². The van der Waals surface area contributed by atoms with Crippen LogP contribution in [0, 0.1) is 0 Å². The van der Waals surface area contributed by atoms with Gasteiger partial charge in [-0.2, -0.15) is 0 Å². The summed E-state index contributed by atoms with van der Waals surface area (Å²) in [6, 6.07) is 14.5. The number of benzene rings is 2. The molecule has 3 amide bonds. The van der Waals surface area contributed by atoms with E-state index < -0.39 is 0 Å². The van der Waals surface area contributed by atoms with Crippen molar-refractivity contribution < 1.29 is 19.1 Å². The number of nitrogens with one attached hydrogen (secondary N) is 1. The van der Waals surface area contributed by atoms with Gasteiger partial charge in [0.1, 0.15) is 5.75 Å². The quantitative estimate of drug-likeness (QED) is 0.818. The van der Waals surface area contributed by atoms with Crippen LogP contribution in [0.2, 0.25) is 0 Å². The van der Waals surface area contributed by atoms with Gasteiger partial charge in [0.25, 0.3) is 5.91 Å². The summed E-state index contributed by atoms with van der Waals surface area (Å²) in [6.07, 6.45) is 2.76. The fraction of sp³-hybridized carbons (Fsp3) is 0.318. The summed E-state index contributed by atoms with van der Waals surface area (Å²) in [5.41, 5.74) is 2.08. The standard InChI is InChI=1S/C22H23N3O4/c26-20(23-18-8-1-2-9-19(18)25-13-5-11-22(25)28)15-29-17-7-3-6-16(14-17)24-12-4-10-21(24)27/h1-3,6-9,14H,4-5,10-13,15H2,(H,23,26). The van der Waals surface area contributed by atoms with Gasteiger partial charge in [0.15, 0.2) is 6.61 Å². The normalized spacial score (nSPS) is 16.4. The monoisotopic (exact) mass is 393 g/mol. The first-order chi connectivity index (χ1) is 14.1. The summed E-state index contributed by atoms with van der Waals surface area (Å²) in [5, 5.41) is 2.83. The highest BCUT2D eigenvalue weighted by Crippen LogP contribution is 2.29. The van der Waals surface area contributed by atoms with Crippen molar-refractivity contribution in [3.8, 4) is 5.75 Å². The zero-order chi connectivity index (χ0) is 20.2. The Balaban J connectivity index is 1.39. The Morgan fingerprint density at radius 2 is 1.66 bits per heavy atom. The lowest BCUT2D eigenvalue weighted by molar-refractivity contribution is -0.118. The van der Waals surface area contributed by atoms with E-state index >= 15 is 0 Å². The number of anilines is 3. The smallest absolute Gasteiger partial charge is 0.262 e. The molecule has 0 aliphatic carbocycles. The van der Waals surface area contributed by atoms with Gasteiger partial charge in [0.2, 0.25) is 11.8 Å². The van der Waals surface area contributed by atoms with Crippen molar-refractivity contribution in [3.63, 3.8) is 0 Å². The van der Waals surface area contributed by atoms with Crippen LogP contribution in [0.1, 0.15) is 25.7 Å². The molecule has 0 atom stereocenters. The minimum atomic E-state index is -0.313. The molecule has 2 fully saturated rings. The van der Waals surface area contributed by atoms with Crippen molar-refractivity contribution in [2.24, 2.45) is 0 Å². The lowest BCUT2D eigenvalue weighted by atomic mass is 10.2. The topological polar surface area (TPSA) is 79.0 Å². The highest BCUT2D eigenvalue weighted by molar-refractivity contribution is 6.02. The molecule has 150 valence electrons. The molecule has 2 aromatic rings. The van der Waals surface area contributed by atoms with Gasteiger partial charge < -0.3 is 19.9 Å². The van der Waals surface area contributed by atoms with Crippen molar-refractivity contribution >= 4 is 34.8 Å². The van der Waals surface area contributed by atoms with Crippen LogP contribution in [0.25, 0.3) is 0 Å². The maximum atomic E-state index is 12.4. The summed E-state index contributed by atoms with van der Waals surface area (Å²) in [7, 11) is 0. The SMILES string of the molecule is O=C(COc1cccc(N2CCCC2=O)c1)Nc1ccccc1N1CCCC1=O. The minimum Gasteiger partial charge on any atom is -0.484 e. The lowest BCUT2D eigenvalue weighted by Crippen LogP contribution is -2.27. The van der Waals surface area contributed by atoms with Crippen LogP contribution in [0.4, 0.5) is 17.1 Å². The molecule has 29 heavy (non-hydrogen) atoms. The number of carbonyl (C=O) groups excluding carboxylic acids is 3. The number of para-hydroxylation sites is 2. The van der Waals surface area contributed by atoms with E-state index in [0.29, 0.717) is 43.1 Å². The van der Waals surface area contributed by atoms with Crippen molar-refractivity contribution in [3.05, 3.63) is 48.5 Å². The molecule has 4 rings (SSSR count). The van der Waals surface area contributed by atoms with Gasteiger partial charge in [-0.05, 0) is 37.1 Å². The van der Waals surface area contributed by atoms with E-state index in [1.807, 2.05) is 30.3 Å². The van der Waals surface area contributed by atoms with E-state index in [4.69, 9.17) is 4.74 Å². The van der Waals surface area contributed by atoms with Gasteiger partial charge in [-0.1, -0.05) is 18.2 Å². The van der Waals surface area contributed by atoms with Crippen LogP contribution in [-0.4, -0.2) is 37.4 Å². The fourth-order valence-corrected chi connectivity index (χ4v) is 3.72. The first kappa shape index (κ1) is 19.0. The second-order valence-electron chi connectivity index (χ2n) is 7.15. The summed E-state index contributed by atoms with van der Waals surface area (Å²) < 4.78 is 5.63. The molecule has 1 N–H and O–H groups in total. The molecule has 2 saturated heterocycles. The first-order valence-electron chi connectivity index (χ1n) is 9.84. The van der Waals surface area contributed by atoms with Crippen LogP contribution in [-0.2, 0) is 14.4 Å². The molecule has 0 radical (unpaired) electrons. The lowest BCUT2D eigenvalue weighted by Gasteiger charge is -2.20. The maximum Gasteiger partial charge on any atom is 0.262 e. The molecule has 0 bridgehead atoms. The Bertz CT molecular complexity index is 943. The van der Waals surface area contributed by atoms with Crippen LogP contribution >= 0.6 is 0 Å². The highest BCUT2D eigenvalue weighted by Gasteiger charge is 2.24. The Morgan fingerprint density at radius 1 is 0.931 bits per heavy atom. The summed E-state index contributed by atoms with van der Waals surface area (Å²) in [4.78, 5) is 39.8. The van der Waals surface area contributed by atoms with Crippen LogP contribution < -0.4 is 19.9 Å². The molecule has 2 aliphatic rings. The van der Waals surface area contributed by atoms with E-state index in [9.17, 15) is 14.4 Å². The van der Waals surface area contributed by atoms with Crippen molar-refractivity contribution in [1.82, 2.24) is 0 Å². The third-order valence-electron chi connectivity index (χ3n) is 5.11. The van der Waals surface area contributed by atoms with Gasteiger partial charge in [-0.25, -0.2) is 0 Å². The largest absolute Gasteiger partial charge is 0.484 e. The third kappa shape index (κ3) is 4.23. The van der Waals surface area contributed by atoms with Gasteiger partial charge in [0, 0.05) is 37.7 Å². The number of rotatable bonds is 6. The molecular weight excluding hydrogens is 370 g/mol. The number of ether oxygens (including phenoxy) is 1. The Morgan fingerprint density at radius 3 is 2.38 bits per heavy atom. The summed E-state index contributed by atoms with van der Waals surface area (Å²) in [6.45, 7) is 1.19. The molecule has 0 spiro atoms. The second kappa shape index (κ2) is 8.34. The van der Waals surface area contributed by atoms with Crippen LogP contribution in [0.15, 0.2) is 48.5 Å². The molecule has 2 aromatic carbocycles. The van der Waals surface area contributed by atoms with Crippen molar-refractivity contribution in [2.75, 3.05) is 34.8 Å². The van der Waals surface area contributed by atoms with E-state index in [1.54, 1.807) is 28.0 Å². The Kier molecular flexibility index (Phi) is 5.46. The summed E-state index contributed by atoms with van der Waals surface area (Å²) in [5.74, 6) is 0.385.